The molecule has 0 unspecified atom stereocenters. The Balaban J connectivity index is 3.02. The predicted molar refractivity (Wildman–Crippen MR) is 21.6 cm³/mol. The third-order valence-corrected chi connectivity index (χ3v) is 0.480. The monoisotopic (exact) mass is 94.0 g/mol. The fourth-order valence-electron chi connectivity index (χ4n) is 0.233. The summed E-state index contributed by atoms with van der Waals surface area (Å²) in [7, 11) is 0. The lowest BCUT2D eigenvalue weighted by molar-refractivity contribution is 1.02. The van der Waals surface area contributed by atoms with Crippen molar-refractivity contribution in [3.8, 4) is 0 Å². The second-order valence-corrected chi connectivity index (χ2v) is 0.938. The van der Waals surface area contributed by atoms with E-state index in [9.17, 15) is 0 Å². The standard InChI is InChI=1S/C3H2N4/c4-3-6-1-5-2-7-3/h1-2H. The van der Waals surface area contributed by atoms with Gasteiger partial charge in [0.25, 0.3) is 5.95 Å². The lowest BCUT2D eigenvalue weighted by atomic mass is 11.0. The first-order chi connectivity index (χ1) is 3.39. The molecular formula is C3H2N4. The molecule has 0 aliphatic heterocycles. The van der Waals surface area contributed by atoms with E-state index in [0.717, 1.165) is 0 Å². The van der Waals surface area contributed by atoms with Gasteiger partial charge in [0.2, 0.25) is 0 Å². The maximum Gasteiger partial charge on any atom is 0.271 e. The summed E-state index contributed by atoms with van der Waals surface area (Å²) in [6.45, 7) is 0. The topological polar surface area (TPSA) is 61.0 Å². The first-order valence-electron chi connectivity index (χ1n) is 1.70. The Hall–Kier alpha value is -1.19. The zero-order chi connectivity index (χ0) is 5.11. The van der Waals surface area contributed by atoms with E-state index < -0.39 is 0 Å². The molecule has 0 fully saturated rings. The van der Waals surface area contributed by atoms with Crippen LogP contribution in [0.5, 0.6) is 0 Å². The van der Waals surface area contributed by atoms with Crippen molar-refractivity contribution in [2.45, 2.75) is 0 Å². The molecular weight excluding hydrogens is 92.1 g/mol. The Morgan fingerprint density at radius 3 is 2.14 bits per heavy atom. The molecule has 0 aliphatic carbocycles. The summed E-state index contributed by atoms with van der Waals surface area (Å²) in [6, 6.07) is 0. The summed E-state index contributed by atoms with van der Waals surface area (Å²) in [5, 5.41) is 0. The molecule has 0 atom stereocenters. The first kappa shape index (κ1) is 3.98. The van der Waals surface area contributed by atoms with E-state index in [2.05, 4.69) is 15.0 Å². The van der Waals surface area contributed by atoms with Crippen molar-refractivity contribution in [1.29, 1.82) is 0 Å². The number of aromatic nitrogens is 3. The van der Waals surface area contributed by atoms with Crippen molar-refractivity contribution in [2.75, 3.05) is 0 Å². The minimum absolute atomic E-state index is 0.241. The number of nitrogens with zero attached hydrogens (tertiary/aromatic N) is 4. The summed E-state index contributed by atoms with van der Waals surface area (Å²) < 4.78 is 0. The van der Waals surface area contributed by atoms with E-state index in [4.69, 9.17) is 5.73 Å². The first-order valence-corrected chi connectivity index (χ1v) is 1.70. The van der Waals surface area contributed by atoms with Gasteiger partial charge in [-0.25, -0.2) is 4.98 Å². The Labute approximate surface area is 40.4 Å². The second-order valence-electron chi connectivity index (χ2n) is 0.938. The molecule has 4 nitrogen and oxygen atoms in total. The third kappa shape index (κ3) is 0.819. The van der Waals surface area contributed by atoms with Crippen LogP contribution < -0.4 is 5.73 Å². The van der Waals surface area contributed by atoms with Crippen molar-refractivity contribution >= 4 is 5.95 Å². The van der Waals surface area contributed by atoms with Crippen LogP contribution in [-0.4, -0.2) is 15.0 Å². The van der Waals surface area contributed by atoms with Gasteiger partial charge in [-0.3, -0.25) is 0 Å². The van der Waals surface area contributed by atoms with Gasteiger partial charge in [-0.2, -0.15) is 9.97 Å². The molecule has 0 aliphatic rings. The molecule has 1 rings (SSSR count). The lowest BCUT2D eigenvalue weighted by Crippen LogP contribution is -1.81. The molecule has 0 saturated heterocycles. The summed E-state index contributed by atoms with van der Waals surface area (Å²) in [5.74, 6) is -0.241. The van der Waals surface area contributed by atoms with Gasteiger partial charge in [-0.05, 0) is 0 Å². The molecule has 1 heterocycles. The predicted octanol–water partition coefficient (Wildman–Crippen LogP) is -0.428. The van der Waals surface area contributed by atoms with Crippen LogP contribution in [0.4, 0.5) is 5.95 Å². The fraction of sp³-hybridized carbons (Fsp3) is 0. The lowest BCUT2D eigenvalue weighted by Gasteiger charge is -1.77. The molecule has 2 radical (unpaired) electrons. The van der Waals surface area contributed by atoms with Crippen molar-refractivity contribution in [1.82, 2.24) is 20.7 Å². The highest BCUT2D eigenvalue weighted by Gasteiger charge is 1.80. The Bertz CT molecular complexity index is 137. The third-order valence-electron chi connectivity index (χ3n) is 0.480. The number of hydrogen-bond acceptors (Lipinski definition) is 3. The van der Waals surface area contributed by atoms with Gasteiger partial charge in [-0.15, -0.1) is 5.73 Å². The van der Waals surface area contributed by atoms with Crippen LogP contribution in [0.15, 0.2) is 12.7 Å². The van der Waals surface area contributed by atoms with Crippen molar-refractivity contribution in [3.63, 3.8) is 0 Å². The van der Waals surface area contributed by atoms with E-state index >= 15 is 0 Å². The van der Waals surface area contributed by atoms with Crippen LogP contribution in [0.25, 0.3) is 0 Å². The average Bonchev–Trinajstić information content (AvgIpc) is 1.69. The Morgan fingerprint density at radius 1 is 1.29 bits per heavy atom. The summed E-state index contributed by atoms with van der Waals surface area (Å²) >= 11 is 0. The molecule has 34 valence electrons. The molecule has 0 saturated carbocycles. The molecule has 4 heteroatoms. The highest BCUT2D eigenvalue weighted by molar-refractivity contribution is 5.01. The SMILES string of the molecule is [N]c1ncncn1. The molecule has 0 aromatic carbocycles. The Kier molecular flexibility index (Phi) is 0.856. The maximum absolute atomic E-state index is 8.37. The van der Waals surface area contributed by atoms with Crippen molar-refractivity contribution < 1.29 is 0 Å². The molecule has 0 bridgehead atoms. The molecule has 0 N–H and O–H groups in total. The van der Waals surface area contributed by atoms with Crippen LogP contribution in [0, 0.1) is 0 Å². The molecule has 7 heavy (non-hydrogen) atoms. The second kappa shape index (κ2) is 1.51. The maximum atomic E-state index is 8.37. The van der Waals surface area contributed by atoms with Crippen LogP contribution in [0.1, 0.15) is 0 Å². The van der Waals surface area contributed by atoms with Gasteiger partial charge < -0.3 is 0 Å². The van der Waals surface area contributed by atoms with Gasteiger partial charge >= 0.3 is 0 Å². The van der Waals surface area contributed by atoms with E-state index in [1.54, 1.807) is 0 Å². The minimum Gasteiger partial charge on any atom is -0.225 e. The summed E-state index contributed by atoms with van der Waals surface area (Å²) in [5.41, 5.74) is 8.37. The smallest absolute Gasteiger partial charge is 0.225 e. The van der Waals surface area contributed by atoms with Crippen LogP contribution in [0.2, 0.25) is 0 Å². The largest absolute Gasteiger partial charge is 0.271 e. The van der Waals surface area contributed by atoms with Gasteiger partial charge in [0.15, 0.2) is 0 Å². The average molecular weight is 94.1 g/mol. The van der Waals surface area contributed by atoms with Crippen LogP contribution in [0.3, 0.4) is 0 Å². The highest BCUT2D eigenvalue weighted by atomic mass is 15.0. The van der Waals surface area contributed by atoms with Crippen LogP contribution in [-0.2, 0) is 0 Å². The molecule has 1 aromatic heterocycles. The molecule has 0 spiro atoms. The van der Waals surface area contributed by atoms with Gasteiger partial charge in [0, 0.05) is 0 Å². The van der Waals surface area contributed by atoms with E-state index in [1.807, 2.05) is 0 Å². The normalized spacial score (nSPS) is 8.57. The quantitative estimate of drug-likeness (QED) is 0.438. The molecule has 1 aromatic rings. The fourth-order valence-corrected chi connectivity index (χ4v) is 0.233. The number of rotatable bonds is 0. The zero-order valence-corrected chi connectivity index (χ0v) is 3.44. The summed E-state index contributed by atoms with van der Waals surface area (Å²) in [6.07, 6.45) is 2.45. The molecule has 0 amide bonds. The zero-order valence-electron chi connectivity index (χ0n) is 3.44. The number of hydrogen-bond donors (Lipinski definition) is 0. The Morgan fingerprint density at radius 2 is 1.86 bits per heavy atom. The highest BCUT2D eigenvalue weighted by Crippen LogP contribution is 1.81. The van der Waals surface area contributed by atoms with Crippen LogP contribution >= 0.6 is 0 Å². The van der Waals surface area contributed by atoms with E-state index in [0.29, 0.717) is 0 Å². The van der Waals surface area contributed by atoms with Crippen molar-refractivity contribution in [3.05, 3.63) is 12.7 Å². The minimum atomic E-state index is -0.241. The van der Waals surface area contributed by atoms with E-state index in [1.165, 1.54) is 12.7 Å². The van der Waals surface area contributed by atoms with Gasteiger partial charge in [0.05, 0.1) is 0 Å². The van der Waals surface area contributed by atoms with E-state index in [-0.39, 0.29) is 5.95 Å². The van der Waals surface area contributed by atoms with Gasteiger partial charge in [0.1, 0.15) is 12.7 Å². The summed E-state index contributed by atoms with van der Waals surface area (Å²) in [4.78, 5) is 10.1. The van der Waals surface area contributed by atoms with Crippen molar-refractivity contribution in [2.24, 2.45) is 0 Å². The van der Waals surface area contributed by atoms with Gasteiger partial charge in [-0.1, -0.05) is 0 Å².